The number of methoxy groups -OCH3 is 1. The number of hydrogen-bond donors (Lipinski definition) is 2. The van der Waals surface area contributed by atoms with Gasteiger partial charge in [0.25, 0.3) is 5.91 Å². The quantitative estimate of drug-likeness (QED) is 0.757. The highest BCUT2D eigenvalue weighted by molar-refractivity contribution is 5.93. The van der Waals surface area contributed by atoms with Crippen molar-refractivity contribution in [2.75, 3.05) is 33.4 Å². The standard InChI is InChI=1S/C20H26N4O4/c1-14(25)24(16-6-10-28-11-7-16)9-8-21-20(26)19-13-18(22-23-19)15-4-3-5-17(12-15)27-2/h3-5,12-13,16H,6-11H2,1-2H3,(H,21,26)(H,22,23). The number of carbonyl (C=O) groups is 2. The van der Waals surface area contributed by atoms with Gasteiger partial charge in [-0.2, -0.15) is 5.10 Å². The number of amides is 2. The second-order valence-corrected chi connectivity index (χ2v) is 6.71. The van der Waals surface area contributed by atoms with Gasteiger partial charge in [0.1, 0.15) is 11.4 Å². The Labute approximate surface area is 164 Å². The molecule has 0 saturated carbocycles. The Balaban J connectivity index is 1.56. The molecular weight excluding hydrogens is 360 g/mol. The molecule has 8 heteroatoms. The molecule has 1 aromatic heterocycles. The van der Waals surface area contributed by atoms with Crippen molar-refractivity contribution in [2.24, 2.45) is 0 Å². The maximum atomic E-state index is 12.4. The van der Waals surface area contributed by atoms with Crippen LogP contribution < -0.4 is 10.1 Å². The van der Waals surface area contributed by atoms with E-state index in [4.69, 9.17) is 9.47 Å². The zero-order valence-corrected chi connectivity index (χ0v) is 16.2. The third-order valence-electron chi connectivity index (χ3n) is 4.86. The van der Waals surface area contributed by atoms with Crippen molar-refractivity contribution in [3.05, 3.63) is 36.0 Å². The Morgan fingerprint density at radius 2 is 2.11 bits per heavy atom. The lowest BCUT2D eigenvalue weighted by Gasteiger charge is -2.33. The van der Waals surface area contributed by atoms with E-state index >= 15 is 0 Å². The van der Waals surface area contributed by atoms with Gasteiger partial charge in [0.05, 0.1) is 12.8 Å². The second kappa shape index (κ2) is 9.36. The molecule has 1 aliphatic rings. The van der Waals surface area contributed by atoms with Crippen LogP contribution in [0.3, 0.4) is 0 Å². The van der Waals surface area contributed by atoms with E-state index in [1.807, 2.05) is 29.2 Å². The van der Waals surface area contributed by atoms with E-state index in [0.29, 0.717) is 37.7 Å². The van der Waals surface area contributed by atoms with Gasteiger partial charge >= 0.3 is 0 Å². The SMILES string of the molecule is COc1cccc(-c2cc(C(=O)NCCN(C(C)=O)C3CCOCC3)[nH]n2)c1. The first-order valence-corrected chi connectivity index (χ1v) is 9.41. The van der Waals surface area contributed by atoms with Gasteiger partial charge in [0.15, 0.2) is 0 Å². The van der Waals surface area contributed by atoms with E-state index in [-0.39, 0.29) is 17.9 Å². The normalized spacial score (nSPS) is 14.5. The number of hydrogen-bond acceptors (Lipinski definition) is 5. The molecule has 0 aliphatic carbocycles. The van der Waals surface area contributed by atoms with Crippen LogP contribution in [0, 0.1) is 0 Å². The van der Waals surface area contributed by atoms with Crippen molar-refractivity contribution in [2.45, 2.75) is 25.8 Å². The van der Waals surface area contributed by atoms with Crippen molar-refractivity contribution in [1.29, 1.82) is 0 Å². The Hall–Kier alpha value is -2.87. The fraction of sp³-hybridized carbons (Fsp3) is 0.450. The van der Waals surface area contributed by atoms with Crippen LogP contribution >= 0.6 is 0 Å². The van der Waals surface area contributed by atoms with Gasteiger partial charge in [-0.25, -0.2) is 0 Å². The molecule has 1 aliphatic heterocycles. The highest BCUT2D eigenvalue weighted by atomic mass is 16.5. The number of carbonyl (C=O) groups excluding carboxylic acids is 2. The Bertz CT molecular complexity index is 814. The van der Waals surface area contributed by atoms with Crippen LogP contribution in [-0.2, 0) is 9.53 Å². The summed E-state index contributed by atoms with van der Waals surface area (Å²) >= 11 is 0. The van der Waals surface area contributed by atoms with Gasteiger partial charge < -0.3 is 19.7 Å². The molecule has 3 rings (SSSR count). The molecule has 1 aromatic carbocycles. The lowest BCUT2D eigenvalue weighted by Crippen LogP contribution is -2.46. The average molecular weight is 386 g/mol. The minimum Gasteiger partial charge on any atom is -0.497 e. The molecule has 1 saturated heterocycles. The molecule has 2 N–H and O–H groups in total. The fourth-order valence-electron chi connectivity index (χ4n) is 3.35. The lowest BCUT2D eigenvalue weighted by molar-refractivity contribution is -0.132. The largest absolute Gasteiger partial charge is 0.497 e. The summed E-state index contributed by atoms with van der Waals surface area (Å²) in [5.41, 5.74) is 1.90. The molecule has 2 heterocycles. The summed E-state index contributed by atoms with van der Waals surface area (Å²) in [6.07, 6.45) is 1.66. The number of rotatable bonds is 7. The number of nitrogens with one attached hydrogen (secondary N) is 2. The summed E-state index contributed by atoms with van der Waals surface area (Å²) < 4.78 is 10.6. The van der Waals surface area contributed by atoms with Crippen molar-refractivity contribution >= 4 is 11.8 Å². The zero-order valence-electron chi connectivity index (χ0n) is 16.2. The highest BCUT2D eigenvalue weighted by Crippen LogP contribution is 2.22. The monoisotopic (exact) mass is 386 g/mol. The van der Waals surface area contributed by atoms with Gasteiger partial charge in [-0.3, -0.25) is 14.7 Å². The molecule has 0 radical (unpaired) electrons. The molecule has 8 nitrogen and oxygen atoms in total. The summed E-state index contributed by atoms with van der Waals surface area (Å²) in [5.74, 6) is 0.490. The molecule has 28 heavy (non-hydrogen) atoms. The van der Waals surface area contributed by atoms with E-state index in [1.54, 1.807) is 20.1 Å². The number of ether oxygens (including phenoxy) is 2. The molecule has 0 unspecified atom stereocenters. The minimum atomic E-state index is -0.253. The first kappa shape index (κ1) is 19.9. The Morgan fingerprint density at radius 3 is 2.82 bits per heavy atom. The van der Waals surface area contributed by atoms with Gasteiger partial charge in [0, 0.05) is 44.8 Å². The summed E-state index contributed by atoms with van der Waals surface area (Å²) in [6.45, 7) is 3.75. The topological polar surface area (TPSA) is 96.5 Å². The summed E-state index contributed by atoms with van der Waals surface area (Å²) in [4.78, 5) is 26.2. The molecular formula is C20H26N4O4. The molecule has 1 fully saturated rings. The molecule has 2 amide bonds. The van der Waals surface area contributed by atoms with E-state index < -0.39 is 0 Å². The predicted octanol–water partition coefficient (Wildman–Crippen LogP) is 1.84. The molecule has 0 bridgehead atoms. The van der Waals surface area contributed by atoms with Crippen molar-refractivity contribution in [3.63, 3.8) is 0 Å². The number of aromatic amines is 1. The van der Waals surface area contributed by atoms with Gasteiger partial charge in [-0.05, 0) is 31.0 Å². The van der Waals surface area contributed by atoms with Crippen LogP contribution in [0.4, 0.5) is 0 Å². The van der Waals surface area contributed by atoms with Crippen molar-refractivity contribution in [1.82, 2.24) is 20.4 Å². The van der Waals surface area contributed by atoms with E-state index in [1.165, 1.54) is 0 Å². The third-order valence-corrected chi connectivity index (χ3v) is 4.86. The van der Waals surface area contributed by atoms with Crippen molar-refractivity contribution in [3.8, 4) is 17.0 Å². The maximum Gasteiger partial charge on any atom is 0.269 e. The lowest BCUT2D eigenvalue weighted by atomic mass is 10.1. The van der Waals surface area contributed by atoms with E-state index in [2.05, 4.69) is 15.5 Å². The number of H-pyrrole nitrogens is 1. The molecule has 0 spiro atoms. The Kier molecular flexibility index (Phi) is 6.65. The number of benzene rings is 1. The highest BCUT2D eigenvalue weighted by Gasteiger charge is 2.23. The summed E-state index contributed by atoms with van der Waals surface area (Å²) in [5, 5.41) is 9.82. The first-order valence-electron chi connectivity index (χ1n) is 9.41. The van der Waals surface area contributed by atoms with Crippen LogP contribution in [0.1, 0.15) is 30.3 Å². The number of aromatic nitrogens is 2. The van der Waals surface area contributed by atoms with Gasteiger partial charge in [-0.15, -0.1) is 0 Å². The van der Waals surface area contributed by atoms with Crippen LogP contribution in [0.2, 0.25) is 0 Å². The zero-order chi connectivity index (χ0) is 19.9. The van der Waals surface area contributed by atoms with Gasteiger partial charge in [-0.1, -0.05) is 12.1 Å². The van der Waals surface area contributed by atoms with Gasteiger partial charge in [0.2, 0.25) is 5.91 Å². The smallest absolute Gasteiger partial charge is 0.269 e. The predicted molar refractivity (Wildman–Crippen MR) is 104 cm³/mol. The molecule has 150 valence electrons. The molecule has 2 aromatic rings. The van der Waals surface area contributed by atoms with Crippen LogP contribution in [0.5, 0.6) is 5.75 Å². The average Bonchev–Trinajstić information content (AvgIpc) is 3.22. The summed E-state index contributed by atoms with van der Waals surface area (Å²) in [6, 6.07) is 9.36. The van der Waals surface area contributed by atoms with Crippen LogP contribution in [0.25, 0.3) is 11.3 Å². The molecule has 0 atom stereocenters. The Morgan fingerprint density at radius 1 is 1.32 bits per heavy atom. The van der Waals surface area contributed by atoms with E-state index in [0.717, 1.165) is 24.2 Å². The number of nitrogens with zero attached hydrogens (tertiary/aromatic N) is 2. The van der Waals surface area contributed by atoms with Crippen LogP contribution in [-0.4, -0.2) is 66.4 Å². The maximum absolute atomic E-state index is 12.4. The minimum absolute atomic E-state index is 0.0167. The van der Waals surface area contributed by atoms with Crippen LogP contribution in [0.15, 0.2) is 30.3 Å². The van der Waals surface area contributed by atoms with Crippen molar-refractivity contribution < 1.29 is 19.1 Å². The van der Waals surface area contributed by atoms with E-state index in [9.17, 15) is 9.59 Å². The summed E-state index contributed by atoms with van der Waals surface area (Å²) in [7, 11) is 1.60. The second-order valence-electron chi connectivity index (χ2n) is 6.71. The third kappa shape index (κ3) is 4.89. The fourth-order valence-corrected chi connectivity index (χ4v) is 3.35. The first-order chi connectivity index (χ1) is 13.6.